The van der Waals surface area contributed by atoms with E-state index in [1.807, 2.05) is 45.0 Å². The molecule has 0 aliphatic rings. The first-order chi connectivity index (χ1) is 14.7. The zero-order chi connectivity index (χ0) is 23.1. The molecule has 8 heteroatoms. The molecule has 31 heavy (non-hydrogen) atoms. The minimum absolute atomic E-state index is 0.101. The van der Waals surface area contributed by atoms with Gasteiger partial charge in [-0.1, -0.05) is 43.7 Å². The van der Waals surface area contributed by atoms with Gasteiger partial charge >= 0.3 is 5.69 Å². The number of amidine groups is 1. The number of ether oxygens (including phenoxy) is 1. The summed E-state index contributed by atoms with van der Waals surface area (Å²) >= 11 is 0. The summed E-state index contributed by atoms with van der Waals surface area (Å²) in [5, 5.41) is 13.8. The first-order valence-electron chi connectivity index (χ1n) is 10.5. The second kappa shape index (κ2) is 11.1. The smallest absolute Gasteiger partial charge is 0.332 e. The number of anilines is 1. The van der Waals surface area contributed by atoms with Crippen molar-refractivity contribution < 1.29 is 9.84 Å². The number of aliphatic hydroxyl groups excluding tert-OH is 1. The summed E-state index contributed by atoms with van der Waals surface area (Å²) < 4.78 is 7.62. The van der Waals surface area contributed by atoms with Gasteiger partial charge in [0, 0.05) is 27.3 Å². The van der Waals surface area contributed by atoms with E-state index in [9.17, 15) is 14.7 Å². The SMILES string of the molecule is COCCCn1c(=O)c(C)c(NC(=NCc2ccc(C)cc2)C(O)C(C)C)n(C)c1=O. The predicted octanol–water partition coefficient (Wildman–Crippen LogP) is 2.23. The van der Waals surface area contributed by atoms with Crippen LogP contribution in [0.2, 0.25) is 0 Å². The van der Waals surface area contributed by atoms with Gasteiger partial charge in [-0.25, -0.2) is 4.79 Å². The third-order valence-corrected chi connectivity index (χ3v) is 5.22. The van der Waals surface area contributed by atoms with Gasteiger partial charge in [-0.2, -0.15) is 0 Å². The van der Waals surface area contributed by atoms with Gasteiger partial charge in [0.25, 0.3) is 5.56 Å². The lowest BCUT2D eigenvalue weighted by Crippen LogP contribution is -2.43. The fourth-order valence-corrected chi connectivity index (χ4v) is 3.17. The molecule has 0 aliphatic heterocycles. The maximum atomic E-state index is 12.8. The highest BCUT2D eigenvalue weighted by molar-refractivity contribution is 5.98. The van der Waals surface area contributed by atoms with E-state index in [-0.39, 0.29) is 18.0 Å². The number of nitrogens with one attached hydrogen (secondary N) is 1. The third kappa shape index (κ3) is 6.15. The van der Waals surface area contributed by atoms with Crippen LogP contribution in [0.1, 0.15) is 37.0 Å². The Labute approximate surface area is 183 Å². The molecule has 0 bridgehead atoms. The average molecular weight is 431 g/mol. The van der Waals surface area contributed by atoms with E-state index >= 15 is 0 Å². The molecule has 0 aliphatic carbocycles. The average Bonchev–Trinajstić information content (AvgIpc) is 2.75. The lowest BCUT2D eigenvalue weighted by molar-refractivity contribution is 0.189. The lowest BCUT2D eigenvalue weighted by atomic mass is 10.1. The van der Waals surface area contributed by atoms with Crippen LogP contribution in [0.5, 0.6) is 0 Å². The fourth-order valence-electron chi connectivity index (χ4n) is 3.17. The largest absolute Gasteiger partial charge is 0.385 e. The number of hydrogen-bond donors (Lipinski definition) is 2. The molecule has 0 saturated heterocycles. The van der Waals surface area contributed by atoms with Gasteiger partial charge in [0.1, 0.15) is 17.8 Å². The normalized spacial score (nSPS) is 13.0. The van der Waals surface area contributed by atoms with E-state index in [2.05, 4.69) is 10.3 Å². The van der Waals surface area contributed by atoms with E-state index in [4.69, 9.17) is 4.74 Å². The molecule has 8 nitrogen and oxygen atoms in total. The molecule has 1 aromatic heterocycles. The minimum Gasteiger partial charge on any atom is -0.385 e. The Hall–Kier alpha value is -2.71. The van der Waals surface area contributed by atoms with Gasteiger partial charge in [0.05, 0.1) is 12.1 Å². The highest BCUT2D eigenvalue weighted by atomic mass is 16.5. The summed E-state index contributed by atoms with van der Waals surface area (Å²) in [5.41, 5.74) is 1.76. The summed E-state index contributed by atoms with van der Waals surface area (Å²) in [5.74, 6) is 0.557. The number of aryl methyl sites for hydroxylation is 1. The number of nitrogens with zero attached hydrogens (tertiary/aromatic N) is 3. The van der Waals surface area contributed by atoms with Crippen LogP contribution in [-0.4, -0.2) is 39.9 Å². The Bertz CT molecular complexity index is 982. The van der Waals surface area contributed by atoms with Gasteiger partial charge in [0.2, 0.25) is 0 Å². The standard InChI is InChI=1S/C23H34N4O4/c1-15(2)19(28)20(24-14-18-10-8-16(3)9-11-18)25-21-17(4)22(29)27(12-7-13-31-6)23(30)26(21)5/h8-11,15,19,28H,7,12-14H2,1-6H3,(H,24,25). The van der Waals surface area contributed by atoms with Crippen molar-refractivity contribution in [3.8, 4) is 0 Å². The number of aliphatic hydroxyl groups is 1. The lowest BCUT2D eigenvalue weighted by Gasteiger charge is -2.22. The molecule has 170 valence electrons. The van der Waals surface area contributed by atoms with Crippen molar-refractivity contribution in [2.45, 2.75) is 53.3 Å². The van der Waals surface area contributed by atoms with Crippen molar-refractivity contribution in [1.29, 1.82) is 0 Å². The molecule has 2 aromatic rings. The molecule has 1 aromatic carbocycles. The molecule has 0 radical (unpaired) electrons. The third-order valence-electron chi connectivity index (χ3n) is 5.22. The van der Waals surface area contributed by atoms with Crippen LogP contribution in [0.4, 0.5) is 5.82 Å². The molecule has 1 heterocycles. The van der Waals surface area contributed by atoms with Crippen molar-refractivity contribution in [2.75, 3.05) is 19.0 Å². The Kier molecular flexibility index (Phi) is 8.76. The Balaban J connectivity index is 2.41. The summed E-state index contributed by atoms with van der Waals surface area (Å²) in [7, 11) is 3.18. The molecular weight excluding hydrogens is 396 g/mol. The number of benzene rings is 1. The zero-order valence-electron chi connectivity index (χ0n) is 19.3. The minimum atomic E-state index is -0.871. The van der Waals surface area contributed by atoms with Crippen molar-refractivity contribution in [3.63, 3.8) is 0 Å². The van der Waals surface area contributed by atoms with E-state index in [1.165, 1.54) is 9.13 Å². The first kappa shape index (κ1) is 24.6. The Morgan fingerprint density at radius 2 is 1.84 bits per heavy atom. The first-order valence-corrected chi connectivity index (χ1v) is 10.5. The van der Waals surface area contributed by atoms with Crippen molar-refractivity contribution in [2.24, 2.45) is 18.0 Å². The van der Waals surface area contributed by atoms with Crippen molar-refractivity contribution in [1.82, 2.24) is 9.13 Å². The van der Waals surface area contributed by atoms with Crippen LogP contribution >= 0.6 is 0 Å². The highest BCUT2D eigenvalue weighted by Gasteiger charge is 2.21. The molecule has 2 N–H and O–H groups in total. The van der Waals surface area contributed by atoms with E-state index in [1.54, 1.807) is 21.1 Å². The quantitative estimate of drug-likeness (QED) is 0.361. The maximum absolute atomic E-state index is 12.8. The number of aromatic nitrogens is 2. The van der Waals surface area contributed by atoms with Gasteiger partial charge in [-0.3, -0.25) is 18.9 Å². The van der Waals surface area contributed by atoms with Crippen molar-refractivity contribution >= 4 is 11.7 Å². The summed E-state index contributed by atoms with van der Waals surface area (Å²) in [6, 6.07) is 7.99. The van der Waals surface area contributed by atoms with Crippen LogP contribution in [-0.2, 0) is 24.9 Å². The summed E-state index contributed by atoms with van der Waals surface area (Å²) in [6.07, 6.45) is -0.309. The van der Waals surface area contributed by atoms with Gasteiger partial charge < -0.3 is 15.2 Å². The molecule has 1 unspecified atom stereocenters. The monoisotopic (exact) mass is 430 g/mol. The van der Waals surface area contributed by atoms with Gasteiger partial charge in [0.15, 0.2) is 0 Å². The Morgan fingerprint density at radius 3 is 2.42 bits per heavy atom. The molecule has 0 spiro atoms. The number of aliphatic imine (C=N–C) groups is 1. The molecule has 0 fully saturated rings. The van der Waals surface area contributed by atoms with E-state index in [0.29, 0.717) is 36.8 Å². The van der Waals surface area contributed by atoms with Crippen LogP contribution < -0.4 is 16.6 Å². The Morgan fingerprint density at radius 1 is 1.19 bits per heavy atom. The van der Waals surface area contributed by atoms with E-state index in [0.717, 1.165) is 11.1 Å². The topological polar surface area (TPSA) is 97.8 Å². The molecule has 0 amide bonds. The predicted molar refractivity (Wildman–Crippen MR) is 124 cm³/mol. The highest BCUT2D eigenvalue weighted by Crippen LogP contribution is 2.13. The molecule has 1 atom stereocenters. The number of rotatable bonds is 9. The summed E-state index contributed by atoms with van der Waals surface area (Å²) in [6.45, 7) is 8.56. The molecular formula is C23H34N4O4. The van der Waals surface area contributed by atoms with Gasteiger partial charge in [-0.15, -0.1) is 0 Å². The van der Waals surface area contributed by atoms with E-state index < -0.39 is 11.8 Å². The van der Waals surface area contributed by atoms with Gasteiger partial charge in [-0.05, 0) is 31.7 Å². The second-order valence-electron chi connectivity index (χ2n) is 8.12. The van der Waals surface area contributed by atoms with Crippen LogP contribution in [0.25, 0.3) is 0 Å². The summed E-state index contributed by atoms with van der Waals surface area (Å²) in [4.78, 5) is 30.2. The van der Waals surface area contributed by atoms with Crippen LogP contribution in [0.3, 0.4) is 0 Å². The second-order valence-corrected chi connectivity index (χ2v) is 8.12. The van der Waals surface area contributed by atoms with Crippen molar-refractivity contribution in [3.05, 3.63) is 61.8 Å². The molecule has 2 rings (SSSR count). The number of methoxy groups -OCH3 is 1. The maximum Gasteiger partial charge on any atom is 0.332 e. The van der Waals surface area contributed by atoms with Crippen LogP contribution in [0.15, 0.2) is 38.8 Å². The fraction of sp³-hybridized carbons (Fsp3) is 0.522. The zero-order valence-corrected chi connectivity index (χ0v) is 19.3. The van der Waals surface area contributed by atoms with Crippen LogP contribution in [0, 0.1) is 19.8 Å². The number of hydrogen-bond acceptors (Lipinski definition) is 5. The molecule has 0 saturated carbocycles.